The van der Waals surface area contributed by atoms with E-state index in [0.717, 1.165) is 46.4 Å². The second-order valence-corrected chi connectivity index (χ2v) is 6.99. The van der Waals surface area contributed by atoms with Crippen molar-refractivity contribution in [2.24, 2.45) is 0 Å². The van der Waals surface area contributed by atoms with Crippen LogP contribution in [0.25, 0.3) is 22.0 Å². The van der Waals surface area contributed by atoms with Crippen LogP contribution in [0, 0.1) is 13.8 Å². The van der Waals surface area contributed by atoms with Crippen LogP contribution in [-0.2, 0) is 17.8 Å². The summed E-state index contributed by atoms with van der Waals surface area (Å²) in [6, 6.07) is 9.80. The number of anilines is 1. The Hall–Kier alpha value is -2.46. The smallest absolute Gasteiger partial charge is 0.307 e. The first-order valence-corrected chi connectivity index (χ1v) is 8.72. The number of carboxylic acids is 1. The third-order valence-corrected chi connectivity index (χ3v) is 5.29. The number of nitrogens with one attached hydrogen (secondary N) is 1. The molecule has 2 aromatic carbocycles. The van der Waals surface area contributed by atoms with Crippen molar-refractivity contribution >= 4 is 34.2 Å². The summed E-state index contributed by atoms with van der Waals surface area (Å²) in [6.07, 6.45) is -0.00135. The van der Waals surface area contributed by atoms with Crippen molar-refractivity contribution in [3.63, 3.8) is 0 Å². The highest BCUT2D eigenvalue weighted by molar-refractivity contribution is 6.30. The molecule has 0 unspecified atom stereocenters. The second-order valence-electron chi connectivity index (χ2n) is 6.56. The van der Waals surface area contributed by atoms with E-state index in [0.29, 0.717) is 5.02 Å². The van der Waals surface area contributed by atoms with E-state index >= 15 is 0 Å². The molecule has 2 heterocycles. The number of hydrogen-bond donors (Lipinski definition) is 2. The van der Waals surface area contributed by atoms with Crippen molar-refractivity contribution in [3.05, 3.63) is 52.2 Å². The standard InChI is InChI=1S/C20H19ClN2O2/c1-11-9-16-18(13-3-5-14(21)6-4-13)15(10-17(24)25)12(2)19-20(16)23(11)8-7-22-19/h3-6,9,22H,7-8,10H2,1-2H3,(H,24,25). The molecule has 0 aliphatic carbocycles. The Morgan fingerprint density at radius 1 is 1.28 bits per heavy atom. The van der Waals surface area contributed by atoms with E-state index in [1.807, 2.05) is 31.2 Å². The Labute approximate surface area is 151 Å². The number of aliphatic carboxylic acids is 1. The van der Waals surface area contributed by atoms with Crippen LogP contribution in [0.1, 0.15) is 16.8 Å². The third-order valence-electron chi connectivity index (χ3n) is 5.04. The van der Waals surface area contributed by atoms with Gasteiger partial charge in [0.1, 0.15) is 0 Å². The molecule has 0 spiro atoms. The molecule has 5 heteroatoms. The highest BCUT2D eigenvalue weighted by atomic mass is 35.5. The van der Waals surface area contributed by atoms with Gasteiger partial charge in [0.25, 0.3) is 0 Å². The number of carboxylic acid groups (broad SMARTS) is 1. The Morgan fingerprint density at radius 2 is 2.00 bits per heavy atom. The Kier molecular flexibility index (Phi) is 3.73. The molecular formula is C20H19ClN2O2. The highest BCUT2D eigenvalue weighted by Crippen LogP contribution is 2.43. The number of carbonyl (C=O) groups is 1. The minimum Gasteiger partial charge on any atom is -0.481 e. The normalized spacial score (nSPS) is 13.1. The zero-order valence-electron chi connectivity index (χ0n) is 14.2. The summed E-state index contributed by atoms with van der Waals surface area (Å²) in [7, 11) is 0. The van der Waals surface area contributed by atoms with Crippen LogP contribution < -0.4 is 5.32 Å². The van der Waals surface area contributed by atoms with Gasteiger partial charge in [-0.1, -0.05) is 23.7 Å². The van der Waals surface area contributed by atoms with Crippen molar-refractivity contribution in [1.82, 2.24) is 4.57 Å². The van der Waals surface area contributed by atoms with Gasteiger partial charge in [-0.15, -0.1) is 0 Å². The van der Waals surface area contributed by atoms with Crippen LogP contribution in [0.3, 0.4) is 0 Å². The number of aryl methyl sites for hydroxylation is 1. The van der Waals surface area contributed by atoms with E-state index in [-0.39, 0.29) is 6.42 Å². The molecule has 0 amide bonds. The fraction of sp³-hybridized carbons (Fsp3) is 0.250. The minimum absolute atomic E-state index is 0.00135. The Balaban J connectivity index is 2.13. The largest absolute Gasteiger partial charge is 0.481 e. The van der Waals surface area contributed by atoms with Gasteiger partial charge in [-0.25, -0.2) is 0 Å². The molecule has 0 bridgehead atoms. The van der Waals surface area contributed by atoms with Gasteiger partial charge in [-0.05, 0) is 54.3 Å². The maximum absolute atomic E-state index is 11.5. The molecule has 0 saturated carbocycles. The summed E-state index contributed by atoms with van der Waals surface area (Å²) in [5.41, 5.74) is 7.30. The first-order chi connectivity index (χ1) is 12.0. The average Bonchev–Trinajstić information content (AvgIpc) is 2.91. The van der Waals surface area contributed by atoms with Gasteiger partial charge in [0.2, 0.25) is 0 Å². The van der Waals surface area contributed by atoms with Gasteiger partial charge in [0.05, 0.1) is 17.6 Å². The predicted molar refractivity (Wildman–Crippen MR) is 102 cm³/mol. The molecule has 0 fully saturated rings. The first kappa shape index (κ1) is 16.0. The van der Waals surface area contributed by atoms with Crippen LogP contribution in [0.4, 0.5) is 5.69 Å². The molecule has 4 nitrogen and oxygen atoms in total. The summed E-state index contributed by atoms with van der Waals surface area (Å²) in [5, 5.41) is 14.7. The van der Waals surface area contributed by atoms with Crippen LogP contribution in [-0.4, -0.2) is 22.2 Å². The predicted octanol–water partition coefficient (Wildman–Crippen LogP) is 4.63. The molecular weight excluding hydrogens is 336 g/mol. The van der Waals surface area contributed by atoms with Crippen LogP contribution in [0.2, 0.25) is 5.02 Å². The van der Waals surface area contributed by atoms with E-state index in [2.05, 4.69) is 22.9 Å². The molecule has 0 saturated heterocycles. The number of halogens is 1. The van der Waals surface area contributed by atoms with Gasteiger partial charge >= 0.3 is 5.97 Å². The number of aromatic nitrogens is 1. The molecule has 1 aliphatic rings. The number of rotatable bonds is 3. The monoisotopic (exact) mass is 354 g/mol. The van der Waals surface area contributed by atoms with E-state index in [9.17, 15) is 9.90 Å². The molecule has 0 atom stereocenters. The molecule has 2 N–H and O–H groups in total. The number of nitrogens with zero attached hydrogens (tertiary/aromatic N) is 1. The second kappa shape index (κ2) is 5.81. The van der Waals surface area contributed by atoms with Gasteiger partial charge in [0, 0.05) is 29.2 Å². The Morgan fingerprint density at radius 3 is 2.68 bits per heavy atom. The van der Waals surface area contributed by atoms with Crippen molar-refractivity contribution in [2.45, 2.75) is 26.8 Å². The topological polar surface area (TPSA) is 54.3 Å². The van der Waals surface area contributed by atoms with E-state index in [1.54, 1.807) is 0 Å². The van der Waals surface area contributed by atoms with Crippen LogP contribution >= 0.6 is 11.6 Å². The summed E-state index contributed by atoms with van der Waals surface area (Å²) >= 11 is 6.05. The molecule has 4 rings (SSSR count). The van der Waals surface area contributed by atoms with Crippen LogP contribution in [0.15, 0.2) is 30.3 Å². The van der Waals surface area contributed by atoms with Crippen molar-refractivity contribution in [3.8, 4) is 11.1 Å². The fourth-order valence-corrected chi connectivity index (χ4v) is 4.06. The summed E-state index contributed by atoms with van der Waals surface area (Å²) in [6.45, 7) is 5.88. The summed E-state index contributed by atoms with van der Waals surface area (Å²) in [4.78, 5) is 11.5. The third kappa shape index (κ3) is 2.48. The minimum atomic E-state index is -0.822. The van der Waals surface area contributed by atoms with Gasteiger partial charge < -0.3 is 15.0 Å². The lowest BCUT2D eigenvalue weighted by atomic mass is 9.89. The van der Waals surface area contributed by atoms with E-state index in [1.165, 1.54) is 11.2 Å². The SMILES string of the molecule is Cc1c(CC(=O)O)c(-c2ccc(Cl)cc2)c2cc(C)n3c2c1NCC3. The first-order valence-electron chi connectivity index (χ1n) is 8.34. The van der Waals surface area contributed by atoms with Crippen molar-refractivity contribution < 1.29 is 9.90 Å². The molecule has 1 aromatic heterocycles. The van der Waals surface area contributed by atoms with Gasteiger partial charge in [-0.3, -0.25) is 4.79 Å². The maximum atomic E-state index is 11.5. The molecule has 1 aliphatic heterocycles. The Bertz CT molecular complexity index is 1000. The maximum Gasteiger partial charge on any atom is 0.307 e. The van der Waals surface area contributed by atoms with Crippen molar-refractivity contribution in [1.29, 1.82) is 0 Å². The number of hydrogen-bond acceptors (Lipinski definition) is 2. The molecule has 0 radical (unpaired) electrons. The van der Waals surface area contributed by atoms with Gasteiger partial charge in [0.15, 0.2) is 0 Å². The zero-order chi connectivity index (χ0) is 17.7. The molecule has 128 valence electrons. The molecule has 3 aromatic rings. The zero-order valence-corrected chi connectivity index (χ0v) is 14.9. The quantitative estimate of drug-likeness (QED) is 0.721. The lowest BCUT2D eigenvalue weighted by Gasteiger charge is -2.25. The summed E-state index contributed by atoms with van der Waals surface area (Å²) in [5.74, 6) is -0.822. The number of benzene rings is 2. The summed E-state index contributed by atoms with van der Waals surface area (Å²) < 4.78 is 2.32. The van der Waals surface area contributed by atoms with E-state index in [4.69, 9.17) is 11.6 Å². The van der Waals surface area contributed by atoms with Crippen LogP contribution in [0.5, 0.6) is 0 Å². The molecule has 25 heavy (non-hydrogen) atoms. The highest BCUT2D eigenvalue weighted by Gasteiger charge is 2.25. The lowest BCUT2D eigenvalue weighted by molar-refractivity contribution is -0.136. The average molecular weight is 355 g/mol. The lowest BCUT2D eigenvalue weighted by Crippen LogP contribution is -2.19. The van der Waals surface area contributed by atoms with E-state index < -0.39 is 5.97 Å². The van der Waals surface area contributed by atoms with Gasteiger partial charge in [-0.2, -0.15) is 0 Å². The fourth-order valence-electron chi connectivity index (χ4n) is 3.93. The van der Waals surface area contributed by atoms with Crippen molar-refractivity contribution in [2.75, 3.05) is 11.9 Å².